The zero-order valence-corrected chi connectivity index (χ0v) is 19.5. The highest BCUT2D eigenvalue weighted by Gasteiger charge is 2.13. The van der Waals surface area contributed by atoms with Crippen LogP contribution in [0.1, 0.15) is 11.4 Å². The lowest BCUT2D eigenvalue weighted by Crippen LogP contribution is -1.90. The Morgan fingerprint density at radius 1 is 0.844 bits per heavy atom. The van der Waals surface area contributed by atoms with E-state index in [1.165, 1.54) is 23.5 Å². The highest BCUT2D eigenvalue weighted by Crippen LogP contribution is 2.34. The van der Waals surface area contributed by atoms with Gasteiger partial charge in [0.25, 0.3) is 0 Å². The highest BCUT2D eigenvalue weighted by atomic mass is 32.2. The molecule has 0 fully saturated rings. The molecule has 0 N–H and O–H groups in total. The number of aromatic nitrogens is 4. The molecule has 0 atom stereocenters. The highest BCUT2D eigenvalue weighted by molar-refractivity contribution is 7.98. The lowest BCUT2D eigenvalue weighted by Gasteiger charge is -2.00. The number of thiazole rings is 2. The molecular formula is C24H17FN4S3. The second kappa shape index (κ2) is 9.28. The molecule has 5 aromatic rings. The van der Waals surface area contributed by atoms with Crippen LogP contribution in [0.15, 0.2) is 77.1 Å². The first-order valence-electron chi connectivity index (χ1n) is 9.86. The first-order valence-corrected chi connectivity index (χ1v) is 12.5. The number of halogens is 1. The quantitative estimate of drug-likeness (QED) is 0.244. The Hall–Kier alpha value is -2.94. The monoisotopic (exact) mass is 476 g/mol. The Morgan fingerprint density at radius 3 is 2.38 bits per heavy atom. The molecule has 8 heteroatoms. The zero-order valence-electron chi connectivity index (χ0n) is 17.0. The van der Waals surface area contributed by atoms with E-state index >= 15 is 0 Å². The van der Waals surface area contributed by atoms with Crippen molar-refractivity contribution in [2.45, 2.75) is 17.7 Å². The molecule has 158 valence electrons. The van der Waals surface area contributed by atoms with E-state index < -0.39 is 0 Å². The minimum Gasteiger partial charge on any atom is -0.241 e. The maximum Gasteiger partial charge on any atom is 0.124 e. The van der Waals surface area contributed by atoms with Gasteiger partial charge in [-0.25, -0.2) is 14.4 Å². The summed E-state index contributed by atoms with van der Waals surface area (Å²) >= 11 is 4.81. The molecule has 5 rings (SSSR count). The summed E-state index contributed by atoms with van der Waals surface area (Å²) in [5.74, 6) is 0.487. The Morgan fingerprint density at radius 2 is 1.62 bits per heavy atom. The lowest BCUT2D eigenvalue weighted by atomic mass is 10.2. The van der Waals surface area contributed by atoms with Crippen molar-refractivity contribution in [2.75, 3.05) is 0 Å². The van der Waals surface area contributed by atoms with E-state index in [0.717, 1.165) is 53.9 Å². The van der Waals surface area contributed by atoms with Crippen LogP contribution >= 0.6 is 34.4 Å². The predicted octanol–water partition coefficient (Wildman–Crippen LogP) is 7.13. The topological polar surface area (TPSA) is 51.6 Å². The van der Waals surface area contributed by atoms with Crippen LogP contribution in [0, 0.1) is 12.7 Å². The fraction of sp³-hybridized carbons (Fsp3) is 0.0833. The maximum atomic E-state index is 13.2. The third-order valence-electron chi connectivity index (χ3n) is 4.70. The molecule has 32 heavy (non-hydrogen) atoms. The Labute approximate surface area is 197 Å². The molecule has 3 heterocycles. The van der Waals surface area contributed by atoms with Crippen molar-refractivity contribution in [2.24, 2.45) is 0 Å². The van der Waals surface area contributed by atoms with Crippen molar-refractivity contribution in [3.8, 4) is 31.7 Å². The molecule has 0 spiro atoms. The average Bonchev–Trinajstić information content (AvgIpc) is 3.46. The van der Waals surface area contributed by atoms with E-state index in [9.17, 15) is 4.39 Å². The maximum absolute atomic E-state index is 13.2. The third kappa shape index (κ3) is 4.62. The SMILES string of the molecule is Cc1nc(-c2ccc(F)cc2)sc1-c1ccc(SCc2csc(-c3ccccc3)n2)nn1. The summed E-state index contributed by atoms with van der Waals surface area (Å²) in [5, 5.41) is 13.6. The van der Waals surface area contributed by atoms with Crippen LogP contribution in [0.2, 0.25) is 0 Å². The first-order chi connectivity index (χ1) is 15.7. The normalized spacial score (nSPS) is 11.1. The zero-order chi connectivity index (χ0) is 21.9. The summed E-state index contributed by atoms with van der Waals surface area (Å²) in [5.41, 5.74) is 4.74. The number of nitrogens with zero attached hydrogens (tertiary/aromatic N) is 4. The summed E-state index contributed by atoms with van der Waals surface area (Å²) in [4.78, 5) is 10.3. The van der Waals surface area contributed by atoms with Crippen LogP contribution < -0.4 is 0 Å². The number of aryl methyl sites for hydroxylation is 1. The van der Waals surface area contributed by atoms with Gasteiger partial charge in [0.1, 0.15) is 26.6 Å². The number of benzene rings is 2. The molecule has 0 amide bonds. The van der Waals surface area contributed by atoms with Crippen LogP contribution in [0.4, 0.5) is 4.39 Å². The van der Waals surface area contributed by atoms with Crippen LogP contribution in [-0.2, 0) is 5.75 Å². The second-order valence-corrected chi connectivity index (χ2v) is 9.85. The molecule has 0 aliphatic carbocycles. The molecular weight excluding hydrogens is 459 g/mol. The van der Waals surface area contributed by atoms with Crippen molar-refractivity contribution in [3.05, 3.63) is 89.3 Å². The Bertz CT molecular complexity index is 1330. The molecule has 0 bridgehead atoms. The Balaban J connectivity index is 1.27. The predicted molar refractivity (Wildman–Crippen MR) is 130 cm³/mol. The summed E-state index contributed by atoms with van der Waals surface area (Å²) < 4.78 is 13.2. The summed E-state index contributed by atoms with van der Waals surface area (Å²) in [6.45, 7) is 1.95. The first kappa shape index (κ1) is 20.9. The van der Waals surface area contributed by atoms with E-state index in [2.05, 4.69) is 32.7 Å². The molecule has 3 aromatic heterocycles. The minimum absolute atomic E-state index is 0.254. The summed E-state index contributed by atoms with van der Waals surface area (Å²) in [7, 11) is 0. The van der Waals surface area contributed by atoms with E-state index in [0.29, 0.717) is 0 Å². The van der Waals surface area contributed by atoms with Gasteiger partial charge in [0.05, 0.1) is 16.3 Å². The second-order valence-electron chi connectivity index (χ2n) is 7.00. The van der Waals surface area contributed by atoms with E-state index in [4.69, 9.17) is 4.98 Å². The van der Waals surface area contributed by atoms with Crippen molar-refractivity contribution in [1.29, 1.82) is 0 Å². The van der Waals surface area contributed by atoms with Crippen LogP contribution in [0.5, 0.6) is 0 Å². The van der Waals surface area contributed by atoms with E-state index in [1.807, 2.05) is 37.3 Å². The third-order valence-corrected chi connectivity index (χ3v) is 7.82. The molecule has 0 aliphatic rings. The number of rotatable bonds is 6. The molecule has 0 saturated heterocycles. The summed E-state index contributed by atoms with van der Waals surface area (Å²) in [6.07, 6.45) is 0. The van der Waals surface area contributed by atoms with Crippen LogP contribution in [-0.4, -0.2) is 20.2 Å². The number of hydrogen-bond donors (Lipinski definition) is 0. The molecule has 0 aliphatic heterocycles. The van der Waals surface area contributed by atoms with Gasteiger partial charge in [-0.15, -0.1) is 32.9 Å². The van der Waals surface area contributed by atoms with Gasteiger partial charge in [0, 0.05) is 22.3 Å². The van der Waals surface area contributed by atoms with Gasteiger partial charge in [0.15, 0.2) is 0 Å². The van der Waals surface area contributed by atoms with Gasteiger partial charge in [-0.1, -0.05) is 42.1 Å². The van der Waals surface area contributed by atoms with E-state index in [-0.39, 0.29) is 5.82 Å². The van der Waals surface area contributed by atoms with Crippen molar-refractivity contribution >= 4 is 34.4 Å². The standard InChI is InChI=1S/C24H17FN4S3/c1-15-22(32-24(26-15)17-7-9-18(25)10-8-17)20-11-12-21(29-28-20)30-13-19-14-31-23(27-19)16-5-3-2-4-6-16/h2-12,14H,13H2,1H3. The molecule has 4 nitrogen and oxygen atoms in total. The lowest BCUT2D eigenvalue weighted by molar-refractivity contribution is 0.628. The Kier molecular flexibility index (Phi) is 6.07. The molecule has 0 saturated carbocycles. The molecule has 0 unspecified atom stereocenters. The van der Waals surface area contributed by atoms with Crippen molar-refractivity contribution in [3.63, 3.8) is 0 Å². The van der Waals surface area contributed by atoms with Gasteiger partial charge in [-0.3, -0.25) is 0 Å². The fourth-order valence-corrected chi connectivity index (χ4v) is 5.78. The fourth-order valence-electron chi connectivity index (χ4n) is 3.10. The molecule has 0 radical (unpaired) electrons. The molecule has 2 aromatic carbocycles. The smallest absolute Gasteiger partial charge is 0.124 e. The van der Waals surface area contributed by atoms with Crippen molar-refractivity contribution < 1.29 is 4.39 Å². The minimum atomic E-state index is -0.254. The van der Waals surface area contributed by atoms with Gasteiger partial charge >= 0.3 is 0 Å². The van der Waals surface area contributed by atoms with Gasteiger partial charge in [-0.05, 0) is 43.3 Å². The van der Waals surface area contributed by atoms with Gasteiger partial charge < -0.3 is 0 Å². The average molecular weight is 477 g/mol. The van der Waals surface area contributed by atoms with Crippen LogP contribution in [0.3, 0.4) is 0 Å². The summed E-state index contributed by atoms with van der Waals surface area (Å²) in [6, 6.07) is 20.5. The number of thioether (sulfide) groups is 1. The van der Waals surface area contributed by atoms with E-state index in [1.54, 1.807) is 35.2 Å². The van der Waals surface area contributed by atoms with Crippen LogP contribution in [0.25, 0.3) is 31.7 Å². The number of hydrogen-bond acceptors (Lipinski definition) is 7. The van der Waals surface area contributed by atoms with Gasteiger partial charge in [0.2, 0.25) is 0 Å². The van der Waals surface area contributed by atoms with Crippen molar-refractivity contribution in [1.82, 2.24) is 20.2 Å². The largest absolute Gasteiger partial charge is 0.241 e. The van der Waals surface area contributed by atoms with Gasteiger partial charge in [-0.2, -0.15) is 0 Å².